The summed E-state index contributed by atoms with van der Waals surface area (Å²) in [6, 6.07) is 3.36. The standard InChI is InChI=1S/C18H16N6O10S4/c25-17(13(7-35)19-11-3-1-9(21(27)28)5-15(11)23(31)32)37-38-18(26)14(8-36)20-12-4-2-10(22(29)30)6-16(12)24(33)34/h1-6,13-14,19-20,35-36H,7-8H2. The van der Waals surface area contributed by atoms with Crippen molar-refractivity contribution in [1.29, 1.82) is 0 Å². The normalized spacial score (nSPS) is 12.2. The molecule has 2 N–H and O–H groups in total. The second-order valence-electron chi connectivity index (χ2n) is 7.00. The minimum atomic E-state index is -1.14. The van der Waals surface area contributed by atoms with Gasteiger partial charge in [0.15, 0.2) is 0 Å². The van der Waals surface area contributed by atoms with Crippen LogP contribution >= 0.6 is 46.8 Å². The molecule has 0 fully saturated rings. The summed E-state index contributed by atoms with van der Waals surface area (Å²) in [6.07, 6.45) is 0. The van der Waals surface area contributed by atoms with Gasteiger partial charge in [0.25, 0.3) is 22.7 Å². The van der Waals surface area contributed by atoms with Crippen molar-refractivity contribution < 1.29 is 29.3 Å². The molecule has 0 spiro atoms. The average Bonchev–Trinajstić information content (AvgIpc) is 2.88. The lowest BCUT2D eigenvalue weighted by atomic mass is 10.2. The number of thiol groups is 2. The molecule has 0 heterocycles. The Kier molecular flexibility index (Phi) is 11.1. The van der Waals surface area contributed by atoms with Crippen LogP contribution in [0.25, 0.3) is 0 Å². The van der Waals surface area contributed by atoms with Gasteiger partial charge in [-0.15, -0.1) is 0 Å². The van der Waals surface area contributed by atoms with E-state index in [9.17, 15) is 50.0 Å². The first-order valence-corrected chi connectivity index (χ1v) is 13.3. The zero-order valence-electron chi connectivity index (χ0n) is 18.6. The molecule has 2 aromatic carbocycles. The molecule has 16 nitrogen and oxygen atoms in total. The molecule has 0 aliphatic rings. The minimum absolute atomic E-state index is 0.155. The quantitative estimate of drug-likeness (QED) is 0.117. The summed E-state index contributed by atoms with van der Waals surface area (Å²) >= 11 is 8.08. The summed E-state index contributed by atoms with van der Waals surface area (Å²) < 4.78 is 0. The molecule has 202 valence electrons. The summed E-state index contributed by atoms with van der Waals surface area (Å²) in [6.45, 7) is 0. The van der Waals surface area contributed by atoms with Gasteiger partial charge >= 0.3 is 0 Å². The van der Waals surface area contributed by atoms with E-state index >= 15 is 0 Å². The number of non-ortho nitro benzene ring substituents is 2. The van der Waals surface area contributed by atoms with Gasteiger partial charge in [-0.05, 0) is 33.7 Å². The van der Waals surface area contributed by atoms with Crippen LogP contribution in [-0.2, 0) is 9.59 Å². The first kappa shape index (κ1) is 30.6. The fourth-order valence-corrected chi connectivity index (χ4v) is 5.38. The Hall–Kier alpha value is -3.62. The van der Waals surface area contributed by atoms with E-state index < -0.39 is 64.8 Å². The number of anilines is 2. The highest BCUT2D eigenvalue weighted by Gasteiger charge is 2.28. The van der Waals surface area contributed by atoms with Crippen molar-refractivity contribution >= 4 is 91.2 Å². The van der Waals surface area contributed by atoms with Crippen LogP contribution in [0, 0.1) is 40.5 Å². The van der Waals surface area contributed by atoms with Gasteiger partial charge in [-0.2, -0.15) is 25.3 Å². The molecule has 38 heavy (non-hydrogen) atoms. The van der Waals surface area contributed by atoms with Crippen LogP contribution in [0.2, 0.25) is 0 Å². The molecule has 0 saturated heterocycles. The van der Waals surface area contributed by atoms with Gasteiger partial charge in [-0.1, -0.05) is 0 Å². The SMILES string of the molecule is O=C(SSC(=O)C(CS)Nc1ccc([N+](=O)[O-])cc1[N+](=O)[O-])C(CS)Nc1ccc([N+](=O)[O-])cc1[N+](=O)[O-]. The summed E-state index contributed by atoms with van der Waals surface area (Å²) in [7, 11) is 0.943. The van der Waals surface area contributed by atoms with Crippen molar-refractivity contribution in [2.45, 2.75) is 12.1 Å². The number of rotatable bonds is 12. The number of nitrogens with one attached hydrogen (secondary N) is 2. The lowest BCUT2D eigenvalue weighted by molar-refractivity contribution is -0.393. The number of nitro benzene ring substituents is 4. The lowest BCUT2D eigenvalue weighted by Gasteiger charge is -2.18. The Morgan fingerprint density at radius 1 is 0.684 bits per heavy atom. The molecular formula is C18H16N6O10S4. The molecular weight excluding hydrogens is 588 g/mol. The van der Waals surface area contributed by atoms with Crippen molar-refractivity contribution in [2.24, 2.45) is 0 Å². The number of carbonyl (C=O) groups is 2. The first-order valence-electron chi connectivity index (χ1n) is 9.92. The van der Waals surface area contributed by atoms with E-state index in [1.807, 2.05) is 0 Å². The molecule has 0 saturated carbocycles. The minimum Gasteiger partial charge on any atom is -0.368 e. The summed E-state index contributed by atoms with van der Waals surface area (Å²) in [4.78, 5) is 66.4. The van der Waals surface area contributed by atoms with E-state index in [2.05, 4.69) is 35.9 Å². The topological polar surface area (TPSA) is 231 Å². The number of nitrogens with zero attached hydrogens (tertiary/aromatic N) is 4. The van der Waals surface area contributed by atoms with Crippen LogP contribution in [0.4, 0.5) is 34.1 Å². The number of hydrogen-bond donors (Lipinski definition) is 4. The Morgan fingerprint density at radius 3 is 1.29 bits per heavy atom. The fourth-order valence-electron chi connectivity index (χ4n) is 2.75. The molecule has 2 unspecified atom stereocenters. The van der Waals surface area contributed by atoms with Gasteiger partial charge in [0, 0.05) is 23.6 Å². The smallest absolute Gasteiger partial charge is 0.299 e. The summed E-state index contributed by atoms with van der Waals surface area (Å²) in [5, 5.41) is 48.3. The van der Waals surface area contributed by atoms with Gasteiger partial charge < -0.3 is 10.6 Å². The van der Waals surface area contributed by atoms with Crippen molar-refractivity contribution in [1.82, 2.24) is 0 Å². The van der Waals surface area contributed by atoms with Crippen LogP contribution in [0.5, 0.6) is 0 Å². The lowest BCUT2D eigenvalue weighted by Crippen LogP contribution is -2.31. The van der Waals surface area contributed by atoms with Gasteiger partial charge in [-0.3, -0.25) is 50.0 Å². The highest BCUT2D eigenvalue weighted by molar-refractivity contribution is 8.87. The van der Waals surface area contributed by atoms with Crippen LogP contribution in [-0.4, -0.2) is 53.5 Å². The zero-order valence-corrected chi connectivity index (χ0v) is 22.0. The predicted octanol–water partition coefficient (Wildman–Crippen LogP) is 3.87. The van der Waals surface area contributed by atoms with Crippen LogP contribution in [0.3, 0.4) is 0 Å². The Morgan fingerprint density at radius 2 is 1.03 bits per heavy atom. The Bertz CT molecular complexity index is 1200. The average molecular weight is 605 g/mol. The molecule has 0 bridgehead atoms. The third kappa shape index (κ3) is 7.94. The van der Waals surface area contributed by atoms with E-state index in [1.165, 1.54) is 0 Å². The fraction of sp³-hybridized carbons (Fsp3) is 0.222. The van der Waals surface area contributed by atoms with Crippen molar-refractivity contribution in [3.8, 4) is 0 Å². The van der Waals surface area contributed by atoms with E-state index in [4.69, 9.17) is 0 Å². The maximum Gasteiger partial charge on any atom is 0.299 e. The Balaban J connectivity index is 2.11. The number of carbonyl (C=O) groups excluding carboxylic acids is 2. The third-order valence-electron chi connectivity index (χ3n) is 4.58. The second kappa shape index (κ2) is 13.8. The van der Waals surface area contributed by atoms with E-state index in [-0.39, 0.29) is 22.9 Å². The third-order valence-corrected chi connectivity index (χ3v) is 7.52. The largest absolute Gasteiger partial charge is 0.368 e. The molecule has 0 radical (unpaired) electrons. The number of hydrogen-bond acceptors (Lipinski definition) is 16. The molecule has 0 aliphatic carbocycles. The maximum atomic E-state index is 12.7. The van der Waals surface area contributed by atoms with Gasteiger partial charge in [0.2, 0.25) is 10.2 Å². The molecule has 0 aliphatic heterocycles. The molecule has 20 heteroatoms. The molecule has 2 atom stereocenters. The monoisotopic (exact) mass is 604 g/mol. The van der Waals surface area contributed by atoms with Crippen molar-refractivity contribution in [3.05, 3.63) is 76.9 Å². The molecule has 0 amide bonds. The van der Waals surface area contributed by atoms with Crippen LogP contribution < -0.4 is 10.6 Å². The van der Waals surface area contributed by atoms with Gasteiger partial charge in [0.1, 0.15) is 23.5 Å². The van der Waals surface area contributed by atoms with Crippen LogP contribution in [0.15, 0.2) is 36.4 Å². The number of benzene rings is 2. The van der Waals surface area contributed by atoms with E-state index in [0.717, 1.165) is 36.4 Å². The van der Waals surface area contributed by atoms with E-state index in [1.54, 1.807) is 0 Å². The van der Waals surface area contributed by atoms with Crippen molar-refractivity contribution in [2.75, 3.05) is 22.1 Å². The molecule has 0 aromatic heterocycles. The van der Waals surface area contributed by atoms with Gasteiger partial charge in [-0.25, -0.2) is 0 Å². The van der Waals surface area contributed by atoms with E-state index in [0.29, 0.717) is 21.6 Å². The first-order chi connectivity index (χ1) is 17.9. The summed E-state index contributed by atoms with van der Waals surface area (Å²) in [5.41, 5.74) is -2.68. The highest BCUT2D eigenvalue weighted by atomic mass is 33.1. The zero-order chi connectivity index (χ0) is 28.6. The Labute approximate surface area is 231 Å². The number of nitro groups is 4. The maximum absolute atomic E-state index is 12.7. The highest BCUT2D eigenvalue weighted by Crippen LogP contribution is 2.34. The summed E-state index contributed by atoms with van der Waals surface area (Å²) in [5.74, 6) is -0.310. The van der Waals surface area contributed by atoms with Crippen molar-refractivity contribution in [3.63, 3.8) is 0 Å². The molecule has 2 rings (SSSR count). The van der Waals surface area contributed by atoms with Crippen LogP contribution in [0.1, 0.15) is 0 Å². The molecule has 2 aromatic rings. The predicted molar refractivity (Wildman–Crippen MR) is 147 cm³/mol. The van der Waals surface area contributed by atoms with Gasteiger partial charge in [0.05, 0.1) is 31.8 Å². The second-order valence-corrected chi connectivity index (χ2v) is 9.86.